The molecule has 0 saturated heterocycles. The molecule has 2 N–H and O–H groups in total. The van der Waals surface area contributed by atoms with Crippen molar-refractivity contribution in [1.29, 1.82) is 0 Å². The van der Waals surface area contributed by atoms with Crippen molar-refractivity contribution in [2.75, 3.05) is 5.73 Å². The van der Waals surface area contributed by atoms with Gasteiger partial charge in [-0.25, -0.2) is 9.37 Å². The Morgan fingerprint density at radius 2 is 2.00 bits per heavy atom. The lowest BCUT2D eigenvalue weighted by Gasteiger charge is -2.05. The van der Waals surface area contributed by atoms with Crippen LogP contribution in [0.15, 0.2) is 48.7 Å². The minimum Gasteiger partial charge on any atom is -0.385 e. The summed E-state index contributed by atoms with van der Waals surface area (Å²) in [5.41, 5.74) is 7.76. The molecule has 18 heavy (non-hydrogen) atoms. The van der Waals surface area contributed by atoms with Crippen LogP contribution < -0.4 is 5.73 Å². The third kappa shape index (κ3) is 1.82. The molecule has 0 aliphatic rings. The first-order valence-electron chi connectivity index (χ1n) is 5.69. The maximum Gasteiger partial charge on any atom is 0.123 e. The summed E-state index contributed by atoms with van der Waals surface area (Å²) in [6, 6.07) is 12.2. The van der Waals surface area contributed by atoms with Gasteiger partial charge in [0.1, 0.15) is 17.5 Å². The zero-order chi connectivity index (χ0) is 12.5. The molecule has 0 aliphatic carbocycles. The van der Waals surface area contributed by atoms with Gasteiger partial charge in [0.2, 0.25) is 0 Å². The summed E-state index contributed by atoms with van der Waals surface area (Å²) in [4.78, 5) is 4.34. The quantitative estimate of drug-likeness (QED) is 0.749. The molecule has 2 heterocycles. The number of fused-ring (bicyclic) bond motifs is 1. The number of aromatic nitrogens is 2. The van der Waals surface area contributed by atoms with E-state index in [0.717, 1.165) is 16.9 Å². The second-order valence-electron chi connectivity index (χ2n) is 4.19. The van der Waals surface area contributed by atoms with Crippen molar-refractivity contribution in [2.45, 2.75) is 6.42 Å². The van der Waals surface area contributed by atoms with E-state index in [1.165, 1.54) is 12.1 Å². The van der Waals surface area contributed by atoms with E-state index < -0.39 is 0 Å². The zero-order valence-electron chi connectivity index (χ0n) is 9.68. The van der Waals surface area contributed by atoms with E-state index in [1.807, 2.05) is 28.7 Å². The monoisotopic (exact) mass is 241 g/mol. The Morgan fingerprint density at radius 1 is 1.17 bits per heavy atom. The molecule has 0 amide bonds. The van der Waals surface area contributed by atoms with E-state index in [0.29, 0.717) is 12.2 Å². The molecular formula is C14H12FN3. The van der Waals surface area contributed by atoms with Crippen LogP contribution in [0.3, 0.4) is 0 Å². The molecule has 0 saturated carbocycles. The highest BCUT2D eigenvalue weighted by Crippen LogP contribution is 2.16. The second-order valence-corrected chi connectivity index (χ2v) is 4.19. The first-order valence-corrected chi connectivity index (χ1v) is 5.69. The molecule has 1 aromatic carbocycles. The topological polar surface area (TPSA) is 43.3 Å². The van der Waals surface area contributed by atoms with Crippen molar-refractivity contribution >= 4 is 11.3 Å². The molecule has 0 atom stereocenters. The molecule has 3 nitrogen and oxygen atoms in total. The molecule has 3 aromatic rings. The molecule has 3 rings (SSSR count). The van der Waals surface area contributed by atoms with Crippen LogP contribution in [-0.4, -0.2) is 9.38 Å². The van der Waals surface area contributed by atoms with Crippen LogP contribution in [0.25, 0.3) is 5.52 Å². The second kappa shape index (κ2) is 4.14. The van der Waals surface area contributed by atoms with Crippen LogP contribution in [0, 0.1) is 5.82 Å². The fraction of sp³-hybridized carbons (Fsp3) is 0.0714. The van der Waals surface area contributed by atoms with Gasteiger partial charge >= 0.3 is 0 Å². The zero-order valence-corrected chi connectivity index (χ0v) is 9.68. The van der Waals surface area contributed by atoms with Gasteiger partial charge in [-0.05, 0) is 29.8 Å². The van der Waals surface area contributed by atoms with Gasteiger partial charge in [0.15, 0.2) is 0 Å². The van der Waals surface area contributed by atoms with Gasteiger partial charge in [0.25, 0.3) is 0 Å². The Labute approximate surface area is 104 Å². The van der Waals surface area contributed by atoms with E-state index in [2.05, 4.69) is 4.98 Å². The van der Waals surface area contributed by atoms with Crippen molar-refractivity contribution in [3.8, 4) is 0 Å². The first-order chi connectivity index (χ1) is 8.74. The lowest BCUT2D eigenvalue weighted by molar-refractivity contribution is 0.626. The third-order valence-corrected chi connectivity index (χ3v) is 2.91. The van der Waals surface area contributed by atoms with Crippen molar-refractivity contribution in [3.05, 3.63) is 65.9 Å². The highest BCUT2D eigenvalue weighted by molar-refractivity contribution is 5.53. The summed E-state index contributed by atoms with van der Waals surface area (Å²) < 4.78 is 15.0. The molecule has 4 heteroatoms. The molecule has 0 radical (unpaired) electrons. The lowest BCUT2D eigenvalue weighted by atomic mass is 10.1. The van der Waals surface area contributed by atoms with Gasteiger partial charge in [-0.15, -0.1) is 0 Å². The van der Waals surface area contributed by atoms with Crippen LogP contribution in [0.4, 0.5) is 10.2 Å². The number of halogens is 1. The summed E-state index contributed by atoms with van der Waals surface area (Å²) in [7, 11) is 0. The minimum atomic E-state index is -0.235. The largest absolute Gasteiger partial charge is 0.385 e. The Balaban J connectivity index is 2.05. The number of hydrogen-bond donors (Lipinski definition) is 1. The van der Waals surface area contributed by atoms with Crippen molar-refractivity contribution in [1.82, 2.24) is 9.38 Å². The minimum absolute atomic E-state index is 0.235. The lowest BCUT2D eigenvalue weighted by Crippen LogP contribution is -2.02. The Morgan fingerprint density at radius 3 is 2.83 bits per heavy atom. The molecule has 90 valence electrons. The number of nitrogen functional groups attached to an aromatic ring is 1. The van der Waals surface area contributed by atoms with Gasteiger partial charge in [0, 0.05) is 6.42 Å². The highest BCUT2D eigenvalue weighted by Gasteiger charge is 2.07. The number of rotatable bonds is 2. The van der Waals surface area contributed by atoms with Crippen LogP contribution in [0.1, 0.15) is 11.4 Å². The molecule has 0 unspecified atom stereocenters. The number of hydrogen-bond acceptors (Lipinski definition) is 2. The molecule has 0 aliphatic heterocycles. The average Bonchev–Trinajstić information content (AvgIpc) is 2.74. The highest BCUT2D eigenvalue weighted by atomic mass is 19.1. The molecule has 0 fully saturated rings. The van der Waals surface area contributed by atoms with E-state index in [4.69, 9.17) is 5.73 Å². The Bertz CT molecular complexity index is 703. The van der Waals surface area contributed by atoms with Gasteiger partial charge < -0.3 is 5.73 Å². The summed E-state index contributed by atoms with van der Waals surface area (Å²) in [6.07, 6.45) is 2.32. The smallest absolute Gasteiger partial charge is 0.123 e. The van der Waals surface area contributed by atoms with Gasteiger partial charge in [-0.1, -0.05) is 18.2 Å². The van der Waals surface area contributed by atoms with Crippen molar-refractivity contribution in [2.24, 2.45) is 0 Å². The summed E-state index contributed by atoms with van der Waals surface area (Å²) in [5.74, 6) is 1.21. The molecule has 0 bridgehead atoms. The maximum absolute atomic E-state index is 13.1. The Kier molecular flexibility index (Phi) is 2.48. The predicted octanol–water partition coefficient (Wildman–Crippen LogP) is 2.65. The number of nitrogens with two attached hydrogens (primary N) is 1. The third-order valence-electron chi connectivity index (χ3n) is 2.91. The summed E-state index contributed by atoms with van der Waals surface area (Å²) >= 11 is 0. The number of nitrogens with zero attached hydrogens (tertiary/aromatic N) is 2. The van der Waals surface area contributed by atoms with E-state index in [1.54, 1.807) is 12.3 Å². The van der Waals surface area contributed by atoms with Crippen LogP contribution in [0.5, 0.6) is 0 Å². The molecular weight excluding hydrogens is 229 g/mol. The SMILES string of the molecule is Nc1cccc2cnc(Cc3cccc(F)c3)n12. The first kappa shape index (κ1) is 10.8. The predicted molar refractivity (Wildman–Crippen MR) is 68.8 cm³/mol. The van der Waals surface area contributed by atoms with Crippen molar-refractivity contribution in [3.63, 3.8) is 0 Å². The Hall–Kier alpha value is -2.36. The van der Waals surface area contributed by atoms with Gasteiger partial charge in [-0.2, -0.15) is 0 Å². The number of benzene rings is 1. The van der Waals surface area contributed by atoms with E-state index in [9.17, 15) is 4.39 Å². The number of pyridine rings is 1. The van der Waals surface area contributed by atoms with Crippen LogP contribution in [0.2, 0.25) is 0 Å². The number of imidazole rings is 1. The van der Waals surface area contributed by atoms with Crippen LogP contribution in [-0.2, 0) is 6.42 Å². The van der Waals surface area contributed by atoms with E-state index >= 15 is 0 Å². The molecule has 0 spiro atoms. The number of anilines is 1. The standard InChI is InChI=1S/C14H12FN3/c15-11-4-1-3-10(7-11)8-14-17-9-12-5-2-6-13(16)18(12)14/h1-7,9H,8,16H2. The normalized spacial score (nSPS) is 10.9. The summed E-state index contributed by atoms with van der Waals surface area (Å²) in [5, 5.41) is 0. The van der Waals surface area contributed by atoms with Gasteiger partial charge in [-0.3, -0.25) is 4.40 Å². The average molecular weight is 241 g/mol. The van der Waals surface area contributed by atoms with Crippen molar-refractivity contribution < 1.29 is 4.39 Å². The summed E-state index contributed by atoms with van der Waals surface area (Å²) in [6.45, 7) is 0. The van der Waals surface area contributed by atoms with Crippen LogP contribution >= 0.6 is 0 Å². The fourth-order valence-corrected chi connectivity index (χ4v) is 2.09. The van der Waals surface area contributed by atoms with Gasteiger partial charge in [0.05, 0.1) is 11.7 Å². The molecule has 2 aromatic heterocycles. The maximum atomic E-state index is 13.1. The van der Waals surface area contributed by atoms with E-state index in [-0.39, 0.29) is 5.82 Å². The fourth-order valence-electron chi connectivity index (χ4n) is 2.09.